The molecular weight excluding hydrogens is 264 g/mol. The molecule has 0 radical (unpaired) electrons. The van der Waals surface area contributed by atoms with Crippen molar-refractivity contribution in [1.29, 1.82) is 0 Å². The standard InChI is InChI=1S/C13H18N2O3S/c1-9-10(14)4-2-5-11(9)19-8-12(16)15-7-3-6-13(17)18/h2,4-5H,3,6-8,14H2,1H3,(H,15,16)(H,17,18). The van der Waals surface area contributed by atoms with Crippen LogP contribution in [0.1, 0.15) is 18.4 Å². The highest BCUT2D eigenvalue weighted by Gasteiger charge is 2.06. The van der Waals surface area contributed by atoms with Gasteiger partial charge in [0.05, 0.1) is 5.75 Å². The number of carboxylic acid groups (broad SMARTS) is 1. The molecule has 0 saturated heterocycles. The quantitative estimate of drug-likeness (QED) is 0.402. The number of rotatable bonds is 7. The van der Waals surface area contributed by atoms with E-state index < -0.39 is 5.97 Å². The van der Waals surface area contributed by atoms with E-state index in [0.29, 0.717) is 24.4 Å². The summed E-state index contributed by atoms with van der Waals surface area (Å²) in [6.45, 7) is 2.31. The molecule has 0 unspecified atom stereocenters. The molecule has 0 fully saturated rings. The zero-order valence-corrected chi connectivity index (χ0v) is 11.6. The average Bonchev–Trinajstić information content (AvgIpc) is 2.36. The molecular formula is C13H18N2O3S. The van der Waals surface area contributed by atoms with E-state index in [1.165, 1.54) is 11.8 Å². The molecule has 0 aliphatic heterocycles. The third kappa shape index (κ3) is 5.65. The topological polar surface area (TPSA) is 92.4 Å². The van der Waals surface area contributed by atoms with Crippen molar-refractivity contribution in [2.45, 2.75) is 24.7 Å². The number of benzene rings is 1. The van der Waals surface area contributed by atoms with Gasteiger partial charge >= 0.3 is 5.97 Å². The van der Waals surface area contributed by atoms with Crippen LogP contribution in [-0.4, -0.2) is 29.3 Å². The van der Waals surface area contributed by atoms with Gasteiger partial charge in [-0.3, -0.25) is 9.59 Å². The second kappa shape index (κ2) is 7.68. The van der Waals surface area contributed by atoms with E-state index in [0.717, 1.165) is 10.5 Å². The van der Waals surface area contributed by atoms with Crippen LogP contribution >= 0.6 is 11.8 Å². The Morgan fingerprint density at radius 1 is 1.42 bits per heavy atom. The number of thioether (sulfide) groups is 1. The largest absolute Gasteiger partial charge is 0.481 e. The number of nitrogens with one attached hydrogen (secondary N) is 1. The normalized spacial score (nSPS) is 10.2. The summed E-state index contributed by atoms with van der Waals surface area (Å²) in [5.41, 5.74) is 7.48. The number of carbonyl (C=O) groups excluding carboxylic acids is 1. The van der Waals surface area contributed by atoms with E-state index in [1.807, 2.05) is 25.1 Å². The van der Waals surface area contributed by atoms with Gasteiger partial charge in [0.25, 0.3) is 0 Å². The van der Waals surface area contributed by atoms with Crippen LogP contribution in [0.3, 0.4) is 0 Å². The Morgan fingerprint density at radius 3 is 2.84 bits per heavy atom. The predicted octanol–water partition coefficient (Wildman–Crippen LogP) is 1.65. The number of anilines is 1. The van der Waals surface area contributed by atoms with E-state index in [-0.39, 0.29) is 12.3 Å². The van der Waals surface area contributed by atoms with Crippen molar-refractivity contribution in [3.05, 3.63) is 23.8 Å². The van der Waals surface area contributed by atoms with Crippen molar-refractivity contribution in [2.24, 2.45) is 0 Å². The summed E-state index contributed by atoms with van der Waals surface area (Å²) in [6.07, 6.45) is 0.519. The SMILES string of the molecule is Cc1c(N)cccc1SCC(=O)NCCCC(=O)O. The van der Waals surface area contributed by atoms with Crippen molar-refractivity contribution >= 4 is 29.3 Å². The molecule has 1 aromatic rings. The van der Waals surface area contributed by atoms with Crippen LogP contribution in [0, 0.1) is 6.92 Å². The van der Waals surface area contributed by atoms with Crippen LogP contribution in [0.25, 0.3) is 0 Å². The Bertz CT molecular complexity index is 463. The summed E-state index contributed by atoms with van der Waals surface area (Å²) in [5.74, 6) is -0.645. The summed E-state index contributed by atoms with van der Waals surface area (Å²) in [6, 6.07) is 5.61. The highest BCUT2D eigenvalue weighted by atomic mass is 32.2. The molecule has 0 saturated carbocycles. The smallest absolute Gasteiger partial charge is 0.303 e. The monoisotopic (exact) mass is 282 g/mol. The third-order valence-electron chi connectivity index (χ3n) is 2.57. The maximum Gasteiger partial charge on any atom is 0.303 e. The van der Waals surface area contributed by atoms with Gasteiger partial charge in [0, 0.05) is 23.5 Å². The molecule has 0 atom stereocenters. The Morgan fingerprint density at radius 2 is 2.16 bits per heavy atom. The van der Waals surface area contributed by atoms with E-state index in [1.54, 1.807) is 0 Å². The number of carboxylic acids is 1. The van der Waals surface area contributed by atoms with E-state index >= 15 is 0 Å². The molecule has 5 nitrogen and oxygen atoms in total. The van der Waals surface area contributed by atoms with E-state index in [9.17, 15) is 9.59 Å². The Labute approximate surface area is 116 Å². The summed E-state index contributed by atoms with van der Waals surface area (Å²) >= 11 is 1.43. The molecule has 0 aliphatic carbocycles. The van der Waals surface area contributed by atoms with Gasteiger partial charge in [0.2, 0.25) is 5.91 Å². The first-order valence-corrected chi connectivity index (χ1v) is 6.95. The lowest BCUT2D eigenvalue weighted by Gasteiger charge is -2.08. The molecule has 0 heterocycles. The number of nitrogen functional groups attached to an aromatic ring is 1. The van der Waals surface area contributed by atoms with Crippen molar-refractivity contribution in [2.75, 3.05) is 18.0 Å². The fourth-order valence-corrected chi connectivity index (χ4v) is 2.35. The molecule has 19 heavy (non-hydrogen) atoms. The summed E-state index contributed by atoms with van der Waals surface area (Å²) in [4.78, 5) is 22.8. The van der Waals surface area contributed by atoms with Crippen LogP contribution in [-0.2, 0) is 9.59 Å². The van der Waals surface area contributed by atoms with Gasteiger partial charge in [-0.05, 0) is 31.0 Å². The highest BCUT2D eigenvalue weighted by molar-refractivity contribution is 8.00. The molecule has 0 aromatic heterocycles. The zero-order valence-electron chi connectivity index (χ0n) is 10.8. The van der Waals surface area contributed by atoms with Crippen molar-refractivity contribution in [3.8, 4) is 0 Å². The summed E-state index contributed by atoms with van der Waals surface area (Å²) in [5, 5.41) is 11.1. The molecule has 104 valence electrons. The number of nitrogens with two attached hydrogens (primary N) is 1. The minimum atomic E-state index is -0.848. The van der Waals surface area contributed by atoms with Crippen LogP contribution in [0.2, 0.25) is 0 Å². The first kappa shape index (κ1) is 15.4. The number of carbonyl (C=O) groups is 2. The van der Waals surface area contributed by atoms with Gasteiger partial charge in [0.15, 0.2) is 0 Å². The first-order chi connectivity index (χ1) is 9.00. The minimum absolute atomic E-state index is 0.0712. The second-order valence-electron chi connectivity index (χ2n) is 4.11. The average molecular weight is 282 g/mol. The second-order valence-corrected chi connectivity index (χ2v) is 5.12. The molecule has 1 amide bonds. The van der Waals surface area contributed by atoms with Crippen LogP contribution in [0.4, 0.5) is 5.69 Å². The fourth-order valence-electron chi connectivity index (χ4n) is 1.45. The van der Waals surface area contributed by atoms with Gasteiger partial charge in [0.1, 0.15) is 0 Å². The first-order valence-electron chi connectivity index (χ1n) is 5.97. The summed E-state index contributed by atoms with van der Waals surface area (Å²) < 4.78 is 0. The van der Waals surface area contributed by atoms with E-state index in [4.69, 9.17) is 10.8 Å². The Hall–Kier alpha value is -1.69. The number of amides is 1. The summed E-state index contributed by atoms with van der Waals surface area (Å²) in [7, 11) is 0. The lowest BCUT2D eigenvalue weighted by molar-refractivity contribution is -0.137. The lowest BCUT2D eigenvalue weighted by Crippen LogP contribution is -2.26. The maximum absolute atomic E-state index is 11.5. The third-order valence-corrected chi connectivity index (χ3v) is 3.73. The molecule has 1 rings (SSSR count). The Kier molecular flexibility index (Phi) is 6.21. The molecule has 0 spiro atoms. The fraction of sp³-hybridized carbons (Fsp3) is 0.385. The van der Waals surface area contributed by atoms with Gasteiger partial charge < -0.3 is 16.2 Å². The maximum atomic E-state index is 11.5. The molecule has 0 aliphatic rings. The van der Waals surface area contributed by atoms with Crippen molar-refractivity contribution < 1.29 is 14.7 Å². The minimum Gasteiger partial charge on any atom is -0.481 e. The van der Waals surface area contributed by atoms with Crippen LogP contribution < -0.4 is 11.1 Å². The van der Waals surface area contributed by atoms with Gasteiger partial charge in [-0.25, -0.2) is 0 Å². The van der Waals surface area contributed by atoms with Crippen LogP contribution in [0.15, 0.2) is 23.1 Å². The molecule has 4 N–H and O–H groups in total. The van der Waals surface area contributed by atoms with E-state index in [2.05, 4.69) is 5.32 Å². The predicted molar refractivity (Wildman–Crippen MR) is 76.2 cm³/mol. The molecule has 0 bridgehead atoms. The van der Waals surface area contributed by atoms with Gasteiger partial charge in [-0.15, -0.1) is 11.8 Å². The number of aliphatic carboxylic acids is 1. The van der Waals surface area contributed by atoms with Crippen molar-refractivity contribution in [1.82, 2.24) is 5.32 Å². The van der Waals surface area contributed by atoms with Gasteiger partial charge in [-0.2, -0.15) is 0 Å². The van der Waals surface area contributed by atoms with Gasteiger partial charge in [-0.1, -0.05) is 6.07 Å². The van der Waals surface area contributed by atoms with Crippen molar-refractivity contribution in [3.63, 3.8) is 0 Å². The Balaban J connectivity index is 2.30. The molecule has 6 heteroatoms. The highest BCUT2D eigenvalue weighted by Crippen LogP contribution is 2.25. The number of hydrogen-bond donors (Lipinski definition) is 3. The molecule has 1 aromatic carbocycles. The zero-order chi connectivity index (χ0) is 14.3. The lowest BCUT2D eigenvalue weighted by atomic mass is 10.2. The number of hydrogen-bond acceptors (Lipinski definition) is 4. The van der Waals surface area contributed by atoms with Crippen LogP contribution in [0.5, 0.6) is 0 Å².